The fourth-order valence-electron chi connectivity index (χ4n) is 1.69. The van der Waals surface area contributed by atoms with Crippen LogP contribution >= 0.6 is 11.6 Å². The third kappa shape index (κ3) is 3.71. The Balaban J connectivity index is 2.33. The van der Waals surface area contributed by atoms with Crippen LogP contribution in [0.15, 0.2) is 64.4 Å². The topological polar surface area (TPSA) is 77.2 Å². The van der Waals surface area contributed by atoms with Gasteiger partial charge in [-0.25, -0.2) is 8.42 Å². The first-order valence-electron chi connectivity index (χ1n) is 5.98. The van der Waals surface area contributed by atoms with E-state index in [9.17, 15) is 13.2 Å². The molecule has 0 unspecified atom stereocenters. The number of halogens is 1. The summed E-state index contributed by atoms with van der Waals surface area (Å²) in [6.07, 6.45) is 2.73. The molecule has 2 aromatic carbocycles. The Bertz CT molecular complexity index is 779. The lowest BCUT2D eigenvalue weighted by molar-refractivity contribution is -0.113. The van der Waals surface area contributed by atoms with Crippen LogP contribution in [0, 0.1) is 0 Å². The summed E-state index contributed by atoms with van der Waals surface area (Å²) in [5.41, 5.74) is 5.68. The van der Waals surface area contributed by atoms with Crippen LogP contribution in [0.5, 0.6) is 0 Å². The minimum atomic E-state index is -3.58. The first kappa shape index (κ1) is 15.3. The molecule has 6 heteroatoms. The summed E-state index contributed by atoms with van der Waals surface area (Å²) in [6.45, 7) is 0. The number of hydrogen-bond donors (Lipinski definition) is 1. The minimum Gasteiger partial charge on any atom is -0.366 e. The highest BCUT2D eigenvalue weighted by Gasteiger charge is 2.16. The van der Waals surface area contributed by atoms with Gasteiger partial charge in [0, 0.05) is 11.1 Å². The lowest BCUT2D eigenvalue weighted by Gasteiger charge is -2.05. The molecule has 21 heavy (non-hydrogen) atoms. The van der Waals surface area contributed by atoms with E-state index in [2.05, 4.69) is 0 Å². The van der Waals surface area contributed by atoms with Gasteiger partial charge in [0.1, 0.15) is 0 Å². The van der Waals surface area contributed by atoms with E-state index in [0.29, 0.717) is 10.6 Å². The van der Waals surface area contributed by atoms with Crippen molar-refractivity contribution in [3.63, 3.8) is 0 Å². The summed E-state index contributed by atoms with van der Waals surface area (Å²) in [4.78, 5) is 11.0. The van der Waals surface area contributed by atoms with Crippen molar-refractivity contribution >= 4 is 33.4 Å². The van der Waals surface area contributed by atoms with Crippen LogP contribution < -0.4 is 5.73 Å². The van der Waals surface area contributed by atoms with Gasteiger partial charge in [-0.15, -0.1) is 0 Å². The van der Waals surface area contributed by atoms with Gasteiger partial charge in [0.25, 0.3) is 0 Å². The van der Waals surface area contributed by atoms with E-state index in [4.69, 9.17) is 17.3 Å². The Morgan fingerprint density at radius 1 is 0.952 bits per heavy atom. The van der Waals surface area contributed by atoms with E-state index >= 15 is 0 Å². The summed E-state index contributed by atoms with van der Waals surface area (Å²) in [6, 6.07) is 12.1. The quantitative estimate of drug-likeness (QED) is 0.879. The first-order chi connectivity index (χ1) is 9.89. The van der Waals surface area contributed by atoms with Crippen molar-refractivity contribution in [2.45, 2.75) is 9.79 Å². The number of carbonyl (C=O) groups excluding carboxylic acids is 1. The van der Waals surface area contributed by atoms with E-state index in [1.807, 2.05) is 0 Å². The van der Waals surface area contributed by atoms with Crippen molar-refractivity contribution in [2.24, 2.45) is 5.73 Å². The number of benzene rings is 2. The smallest absolute Gasteiger partial charge is 0.241 e. The summed E-state index contributed by atoms with van der Waals surface area (Å²) >= 11 is 5.75. The molecule has 0 aliphatic carbocycles. The Labute approximate surface area is 127 Å². The molecule has 0 saturated carbocycles. The predicted octanol–water partition coefficient (Wildman–Crippen LogP) is 2.67. The third-order valence-corrected chi connectivity index (χ3v) is 4.79. The summed E-state index contributed by atoms with van der Waals surface area (Å²) in [7, 11) is -3.58. The zero-order valence-corrected chi connectivity index (χ0v) is 12.4. The zero-order valence-electron chi connectivity index (χ0n) is 10.9. The van der Waals surface area contributed by atoms with Crippen LogP contribution in [0.25, 0.3) is 6.08 Å². The van der Waals surface area contributed by atoms with Gasteiger partial charge < -0.3 is 5.73 Å². The molecule has 0 radical (unpaired) electrons. The molecule has 1 amide bonds. The molecule has 0 atom stereocenters. The summed E-state index contributed by atoms with van der Waals surface area (Å²) in [5.74, 6) is -0.562. The largest absolute Gasteiger partial charge is 0.366 e. The maximum absolute atomic E-state index is 12.4. The number of sulfone groups is 1. The van der Waals surface area contributed by atoms with Gasteiger partial charge in [0.2, 0.25) is 15.7 Å². The molecule has 0 fully saturated rings. The molecule has 2 rings (SSSR count). The second kappa shape index (κ2) is 6.11. The van der Waals surface area contributed by atoms with Crippen LogP contribution in [-0.4, -0.2) is 14.3 Å². The van der Waals surface area contributed by atoms with Crippen molar-refractivity contribution in [1.82, 2.24) is 0 Å². The highest BCUT2D eigenvalue weighted by atomic mass is 35.5. The van der Waals surface area contributed by atoms with Crippen molar-refractivity contribution < 1.29 is 13.2 Å². The van der Waals surface area contributed by atoms with Gasteiger partial charge in [-0.05, 0) is 48.0 Å². The Kier molecular flexibility index (Phi) is 4.45. The van der Waals surface area contributed by atoms with Crippen molar-refractivity contribution in [3.8, 4) is 0 Å². The molecule has 0 saturated heterocycles. The lowest BCUT2D eigenvalue weighted by Crippen LogP contribution is -2.05. The maximum atomic E-state index is 12.4. The molecule has 0 aliphatic rings. The van der Waals surface area contributed by atoms with Crippen LogP contribution in [0.4, 0.5) is 0 Å². The number of rotatable bonds is 4. The lowest BCUT2D eigenvalue weighted by atomic mass is 10.2. The molecule has 2 N–H and O–H groups in total. The number of amides is 1. The number of nitrogens with two attached hydrogens (primary N) is 1. The highest BCUT2D eigenvalue weighted by Crippen LogP contribution is 2.22. The number of hydrogen-bond acceptors (Lipinski definition) is 3. The molecule has 0 spiro atoms. The Morgan fingerprint density at radius 2 is 1.43 bits per heavy atom. The summed E-state index contributed by atoms with van der Waals surface area (Å²) < 4.78 is 24.8. The van der Waals surface area contributed by atoms with Gasteiger partial charge in [-0.2, -0.15) is 0 Å². The predicted molar refractivity (Wildman–Crippen MR) is 81.6 cm³/mol. The van der Waals surface area contributed by atoms with Gasteiger partial charge in [-0.1, -0.05) is 23.7 Å². The molecule has 0 heterocycles. The molecule has 4 nitrogen and oxygen atoms in total. The summed E-state index contributed by atoms with van der Waals surface area (Å²) in [5, 5.41) is 0.473. The second-order valence-electron chi connectivity index (χ2n) is 4.26. The highest BCUT2D eigenvalue weighted by molar-refractivity contribution is 7.91. The van der Waals surface area contributed by atoms with E-state index in [0.717, 1.165) is 0 Å². The third-order valence-electron chi connectivity index (χ3n) is 2.75. The number of primary amides is 1. The average molecular weight is 322 g/mol. The molecule has 0 aliphatic heterocycles. The van der Waals surface area contributed by atoms with E-state index in [1.165, 1.54) is 48.6 Å². The van der Waals surface area contributed by atoms with Gasteiger partial charge in [-0.3, -0.25) is 4.79 Å². The normalized spacial score (nSPS) is 11.7. The fourth-order valence-corrected chi connectivity index (χ4v) is 3.07. The van der Waals surface area contributed by atoms with Crippen molar-refractivity contribution in [3.05, 3.63) is 65.2 Å². The number of carbonyl (C=O) groups is 1. The van der Waals surface area contributed by atoms with Crippen molar-refractivity contribution in [1.29, 1.82) is 0 Å². The van der Waals surface area contributed by atoms with E-state index in [1.54, 1.807) is 12.1 Å². The average Bonchev–Trinajstić information content (AvgIpc) is 2.46. The standard InChI is InChI=1S/C15H12ClNO3S/c16-12-4-8-14(9-5-12)21(19,20)13-6-1-11(2-7-13)3-10-15(17)18/h1-10H,(H2,17,18)/b10-3+. The molecular weight excluding hydrogens is 310 g/mol. The first-order valence-corrected chi connectivity index (χ1v) is 7.84. The molecule has 0 bridgehead atoms. The van der Waals surface area contributed by atoms with Crippen LogP contribution in [0.3, 0.4) is 0 Å². The van der Waals surface area contributed by atoms with E-state index in [-0.39, 0.29) is 9.79 Å². The molecule has 0 aromatic heterocycles. The SMILES string of the molecule is NC(=O)/C=C/c1ccc(S(=O)(=O)c2ccc(Cl)cc2)cc1. The Morgan fingerprint density at radius 3 is 1.90 bits per heavy atom. The van der Waals surface area contributed by atoms with Crippen LogP contribution in [-0.2, 0) is 14.6 Å². The fraction of sp³-hybridized carbons (Fsp3) is 0. The maximum Gasteiger partial charge on any atom is 0.241 e. The zero-order chi connectivity index (χ0) is 15.5. The molecule has 2 aromatic rings. The minimum absolute atomic E-state index is 0.168. The monoisotopic (exact) mass is 321 g/mol. The van der Waals surface area contributed by atoms with Gasteiger partial charge >= 0.3 is 0 Å². The molecule has 108 valence electrons. The van der Waals surface area contributed by atoms with Gasteiger partial charge in [0.15, 0.2) is 0 Å². The van der Waals surface area contributed by atoms with E-state index < -0.39 is 15.7 Å². The Hall–Kier alpha value is -2.11. The van der Waals surface area contributed by atoms with Crippen LogP contribution in [0.1, 0.15) is 5.56 Å². The van der Waals surface area contributed by atoms with Gasteiger partial charge in [0.05, 0.1) is 9.79 Å². The van der Waals surface area contributed by atoms with Crippen molar-refractivity contribution in [2.75, 3.05) is 0 Å². The van der Waals surface area contributed by atoms with Crippen LogP contribution in [0.2, 0.25) is 5.02 Å². The molecular formula is C15H12ClNO3S. The second-order valence-corrected chi connectivity index (χ2v) is 6.65.